The number of amides is 1. The Bertz CT molecular complexity index is 1070. The predicted molar refractivity (Wildman–Crippen MR) is 104 cm³/mol. The van der Waals surface area contributed by atoms with Gasteiger partial charge in [-0.25, -0.2) is 4.98 Å². The number of carbonyl (C=O) groups is 1. The molecule has 1 saturated heterocycles. The minimum Gasteiger partial charge on any atom is -0.303 e. The van der Waals surface area contributed by atoms with E-state index in [1.165, 1.54) is 6.07 Å². The third-order valence-corrected chi connectivity index (χ3v) is 5.86. The van der Waals surface area contributed by atoms with Crippen LogP contribution in [0.3, 0.4) is 0 Å². The zero-order valence-corrected chi connectivity index (χ0v) is 16.1. The summed E-state index contributed by atoms with van der Waals surface area (Å²) in [5.74, 6) is -0.364. The smallest absolute Gasteiger partial charge is 0.303 e. The fourth-order valence-electron chi connectivity index (χ4n) is 3.88. The molecule has 1 aromatic heterocycles. The van der Waals surface area contributed by atoms with Gasteiger partial charge >= 0.3 is 6.18 Å². The number of alkyl halides is 3. The fourth-order valence-corrected chi connectivity index (χ4v) is 4.34. The molecule has 0 N–H and O–H groups in total. The zero-order chi connectivity index (χ0) is 21.0. The van der Waals surface area contributed by atoms with Gasteiger partial charge in [0.2, 0.25) is 0 Å². The van der Waals surface area contributed by atoms with Crippen LogP contribution in [0.2, 0.25) is 0 Å². The third kappa shape index (κ3) is 2.78. The molecule has 29 heavy (non-hydrogen) atoms. The minimum atomic E-state index is -4.78. The zero-order valence-electron chi connectivity index (χ0n) is 15.3. The number of anilines is 2. The molecule has 2 aliphatic rings. The Morgan fingerprint density at radius 2 is 1.97 bits per heavy atom. The number of benzene rings is 1. The minimum absolute atomic E-state index is 0.0892. The Kier molecular flexibility index (Phi) is 4.35. The normalized spacial score (nSPS) is 18.2. The average Bonchev–Trinajstić information content (AvgIpc) is 2.88. The first-order valence-electron chi connectivity index (χ1n) is 8.92. The Morgan fingerprint density at radius 3 is 2.52 bits per heavy atom. The van der Waals surface area contributed by atoms with E-state index < -0.39 is 23.0 Å². The fraction of sp³-hybridized carbons (Fsp3) is 0.300. The van der Waals surface area contributed by atoms with Gasteiger partial charge in [0.25, 0.3) is 5.91 Å². The Labute approximate surface area is 170 Å². The second kappa shape index (κ2) is 6.52. The van der Waals surface area contributed by atoms with Gasteiger partial charge in [-0.2, -0.15) is 18.4 Å². The number of aromatic nitrogens is 1. The van der Waals surface area contributed by atoms with Crippen LogP contribution in [0.4, 0.5) is 24.5 Å². The van der Waals surface area contributed by atoms with E-state index in [2.05, 4.69) is 4.98 Å². The number of pyridine rings is 1. The molecule has 1 spiro atoms. The lowest BCUT2D eigenvalue weighted by Gasteiger charge is -2.43. The van der Waals surface area contributed by atoms with E-state index in [0.717, 1.165) is 34.8 Å². The Hall–Kier alpha value is -2.99. The summed E-state index contributed by atoms with van der Waals surface area (Å²) < 4.78 is 40.1. The molecule has 0 atom stereocenters. The molecular formula is C20H15F3N4OS. The van der Waals surface area contributed by atoms with Crippen LogP contribution in [-0.4, -0.2) is 21.5 Å². The molecule has 1 aliphatic carbocycles. The molecule has 1 saturated carbocycles. The van der Waals surface area contributed by atoms with E-state index >= 15 is 0 Å². The number of hydrogen-bond acceptors (Lipinski definition) is 4. The summed E-state index contributed by atoms with van der Waals surface area (Å²) >= 11 is 5.57. The van der Waals surface area contributed by atoms with Gasteiger partial charge in [-0.15, -0.1) is 0 Å². The first-order chi connectivity index (χ1) is 13.7. The maximum Gasteiger partial charge on any atom is 0.419 e. The Balaban J connectivity index is 1.85. The van der Waals surface area contributed by atoms with Crippen LogP contribution in [-0.2, 0) is 11.0 Å². The predicted octanol–water partition coefficient (Wildman–Crippen LogP) is 4.34. The van der Waals surface area contributed by atoms with Crippen LogP contribution in [0.15, 0.2) is 36.5 Å². The van der Waals surface area contributed by atoms with Gasteiger partial charge in [-0.3, -0.25) is 9.69 Å². The number of aryl methyl sites for hydroxylation is 1. The number of hydrogen-bond donors (Lipinski definition) is 0. The van der Waals surface area contributed by atoms with Crippen molar-refractivity contribution in [2.45, 2.75) is 37.9 Å². The lowest BCUT2D eigenvalue weighted by atomic mass is 9.75. The lowest BCUT2D eigenvalue weighted by molar-refractivity contribution is -0.138. The highest BCUT2D eigenvalue weighted by Gasteiger charge is 2.60. The molecule has 148 valence electrons. The molecule has 2 heterocycles. The summed E-state index contributed by atoms with van der Waals surface area (Å²) in [5, 5.41) is 9.08. The van der Waals surface area contributed by atoms with Gasteiger partial charge in [-0.1, -0.05) is 18.2 Å². The highest BCUT2D eigenvalue weighted by atomic mass is 32.1. The molecule has 4 rings (SSSR count). The molecule has 0 bridgehead atoms. The van der Waals surface area contributed by atoms with Crippen molar-refractivity contribution in [2.24, 2.45) is 0 Å². The van der Waals surface area contributed by atoms with Crippen molar-refractivity contribution in [3.05, 3.63) is 53.3 Å². The average molecular weight is 416 g/mol. The molecule has 1 amide bonds. The lowest BCUT2D eigenvalue weighted by Crippen LogP contribution is -2.55. The maximum atomic E-state index is 13.4. The van der Waals surface area contributed by atoms with E-state index in [1.807, 2.05) is 31.2 Å². The third-order valence-electron chi connectivity index (χ3n) is 5.49. The number of rotatable bonds is 2. The molecule has 2 aromatic rings. The Morgan fingerprint density at radius 1 is 1.28 bits per heavy atom. The standard InChI is InChI=1S/C20H15F3N4OS/c1-12-5-2-3-6-16(12)27-18(29)26(17(28)19(27)7-4-8-19)13-9-14(20(21,22)23)15(10-24)25-11-13/h2-3,5-6,9,11H,4,7-8H2,1H3. The molecule has 1 aromatic carbocycles. The van der Waals surface area contributed by atoms with Gasteiger partial charge in [0.15, 0.2) is 10.8 Å². The van der Waals surface area contributed by atoms with Crippen LogP contribution < -0.4 is 9.80 Å². The summed E-state index contributed by atoms with van der Waals surface area (Å²) in [6.45, 7) is 1.89. The topological polar surface area (TPSA) is 60.2 Å². The largest absolute Gasteiger partial charge is 0.419 e. The van der Waals surface area contributed by atoms with E-state index in [4.69, 9.17) is 17.5 Å². The SMILES string of the molecule is Cc1ccccc1N1C(=S)N(c2cnc(C#N)c(C(F)(F)F)c2)C(=O)C12CCC2. The van der Waals surface area contributed by atoms with Crippen molar-refractivity contribution in [3.63, 3.8) is 0 Å². The van der Waals surface area contributed by atoms with E-state index in [9.17, 15) is 18.0 Å². The van der Waals surface area contributed by atoms with Crippen LogP contribution in [0.25, 0.3) is 0 Å². The van der Waals surface area contributed by atoms with Crippen molar-refractivity contribution in [3.8, 4) is 6.07 Å². The van der Waals surface area contributed by atoms with Gasteiger partial charge in [0.1, 0.15) is 11.6 Å². The van der Waals surface area contributed by atoms with Crippen molar-refractivity contribution in [2.75, 3.05) is 9.80 Å². The second-order valence-corrected chi connectivity index (χ2v) is 7.49. The van der Waals surface area contributed by atoms with Crippen LogP contribution in [0.5, 0.6) is 0 Å². The number of nitriles is 1. The molecule has 2 fully saturated rings. The quantitative estimate of drug-likeness (QED) is 0.682. The molecule has 0 radical (unpaired) electrons. The van der Waals surface area contributed by atoms with E-state index in [0.29, 0.717) is 12.8 Å². The van der Waals surface area contributed by atoms with Crippen LogP contribution in [0.1, 0.15) is 36.1 Å². The molecular weight excluding hydrogens is 401 g/mol. The van der Waals surface area contributed by atoms with Gasteiger partial charge in [0.05, 0.1) is 17.4 Å². The van der Waals surface area contributed by atoms with Gasteiger partial charge < -0.3 is 4.90 Å². The van der Waals surface area contributed by atoms with Crippen molar-refractivity contribution >= 4 is 34.6 Å². The van der Waals surface area contributed by atoms with E-state index in [-0.39, 0.29) is 16.7 Å². The number of halogens is 3. The van der Waals surface area contributed by atoms with Gasteiger partial charge in [-0.05, 0) is 56.1 Å². The molecule has 5 nitrogen and oxygen atoms in total. The maximum absolute atomic E-state index is 13.4. The monoisotopic (exact) mass is 416 g/mol. The van der Waals surface area contributed by atoms with Crippen molar-refractivity contribution in [1.29, 1.82) is 5.26 Å². The number of para-hydroxylation sites is 1. The van der Waals surface area contributed by atoms with Gasteiger partial charge in [0, 0.05) is 5.69 Å². The number of nitrogens with zero attached hydrogens (tertiary/aromatic N) is 4. The first kappa shape index (κ1) is 19.3. The van der Waals surface area contributed by atoms with Crippen LogP contribution >= 0.6 is 12.2 Å². The van der Waals surface area contributed by atoms with Crippen molar-refractivity contribution in [1.82, 2.24) is 4.98 Å². The molecule has 0 unspecified atom stereocenters. The summed E-state index contributed by atoms with van der Waals surface area (Å²) in [6, 6.07) is 9.64. The summed E-state index contributed by atoms with van der Waals surface area (Å²) in [4.78, 5) is 19.9. The number of carbonyl (C=O) groups excluding carboxylic acids is 1. The number of thiocarbonyl (C=S) groups is 1. The highest BCUT2D eigenvalue weighted by molar-refractivity contribution is 7.81. The second-order valence-electron chi connectivity index (χ2n) is 7.13. The van der Waals surface area contributed by atoms with Crippen LogP contribution in [0, 0.1) is 18.3 Å². The summed E-state index contributed by atoms with van der Waals surface area (Å²) in [5.41, 5.74) is -1.25. The first-order valence-corrected chi connectivity index (χ1v) is 9.33. The van der Waals surface area contributed by atoms with Crippen molar-refractivity contribution < 1.29 is 18.0 Å². The van der Waals surface area contributed by atoms with E-state index in [1.54, 1.807) is 4.90 Å². The summed E-state index contributed by atoms with van der Waals surface area (Å²) in [7, 11) is 0. The highest BCUT2D eigenvalue weighted by Crippen LogP contribution is 2.48. The molecule has 1 aliphatic heterocycles. The summed E-state index contributed by atoms with van der Waals surface area (Å²) in [6.07, 6.45) is -1.74. The molecule has 9 heteroatoms.